The van der Waals surface area contributed by atoms with Crippen molar-refractivity contribution in [2.45, 2.75) is 0 Å². The maximum atomic E-state index is 10.8. The van der Waals surface area contributed by atoms with E-state index in [0.717, 1.165) is 99.5 Å². The first-order valence-electron chi connectivity index (χ1n) is 22.1. The Kier molecular flexibility index (Phi) is 9.23. The molecule has 4 heteroatoms. The Labute approximate surface area is 382 Å². The SMILES string of the molecule is N#Cc1ccc(-n2c3ccc(-c4ccccc4)cc3c3ccc(-c4ccccc4)cc32)cc1-c1cc(-n2c3ccc(-c4ccccc4)cc3c3ccc(-c4ccccc4)cc32)ccc1C#N. The number of hydrogen-bond donors (Lipinski definition) is 0. The molecule has 0 aliphatic heterocycles. The van der Waals surface area contributed by atoms with Crippen LogP contribution in [0.2, 0.25) is 0 Å². The Morgan fingerprint density at radius 3 is 0.939 bits per heavy atom. The molecule has 0 aliphatic rings. The number of nitriles is 2. The summed E-state index contributed by atoms with van der Waals surface area (Å²) >= 11 is 0. The minimum absolute atomic E-state index is 0.491. The first-order chi connectivity index (χ1) is 32.6. The molecule has 12 rings (SSSR count). The molecule has 10 aromatic carbocycles. The van der Waals surface area contributed by atoms with Gasteiger partial charge in [0.05, 0.1) is 45.3 Å². The lowest BCUT2D eigenvalue weighted by molar-refractivity contribution is 1.17. The number of nitrogens with zero attached hydrogens (tertiary/aromatic N) is 4. The van der Waals surface area contributed by atoms with Gasteiger partial charge in [0.25, 0.3) is 0 Å². The fourth-order valence-corrected chi connectivity index (χ4v) is 9.82. The third-order valence-electron chi connectivity index (χ3n) is 13.0. The topological polar surface area (TPSA) is 57.4 Å². The zero-order valence-electron chi connectivity index (χ0n) is 35.7. The van der Waals surface area contributed by atoms with Crippen molar-refractivity contribution in [3.05, 3.63) is 242 Å². The highest BCUT2D eigenvalue weighted by molar-refractivity contribution is 6.13. The molecule has 306 valence electrons. The summed E-state index contributed by atoms with van der Waals surface area (Å²) in [6, 6.07) is 85.6. The molecule has 0 aliphatic carbocycles. The highest BCUT2D eigenvalue weighted by Crippen LogP contribution is 2.41. The monoisotopic (exact) mass is 838 g/mol. The van der Waals surface area contributed by atoms with E-state index in [4.69, 9.17) is 0 Å². The van der Waals surface area contributed by atoms with E-state index in [1.165, 1.54) is 0 Å². The van der Waals surface area contributed by atoms with Crippen LogP contribution in [0.25, 0.3) is 111 Å². The van der Waals surface area contributed by atoms with Crippen LogP contribution in [0.5, 0.6) is 0 Å². The van der Waals surface area contributed by atoms with Gasteiger partial charge in [0.15, 0.2) is 0 Å². The summed E-state index contributed by atoms with van der Waals surface area (Å²) in [6.45, 7) is 0. The Morgan fingerprint density at radius 1 is 0.258 bits per heavy atom. The minimum atomic E-state index is 0.491. The third-order valence-corrected chi connectivity index (χ3v) is 13.0. The second kappa shape index (κ2) is 15.8. The van der Waals surface area contributed by atoms with Crippen LogP contribution in [0.4, 0.5) is 0 Å². The summed E-state index contributed by atoms with van der Waals surface area (Å²) in [7, 11) is 0. The van der Waals surface area contributed by atoms with Gasteiger partial charge >= 0.3 is 0 Å². The van der Waals surface area contributed by atoms with Gasteiger partial charge in [-0.1, -0.05) is 158 Å². The van der Waals surface area contributed by atoms with Gasteiger partial charge < -0.3 is 9.13 Å². The van der Waals surface area contributed by atoms with Crippen molar-refractivity contribution in [2.75, 3.05) is 0 Å². The van der Waals surface area contributed by atoms with Crippen LogP contribution in [-0.2, 0) is 0 Å². The number of rotatable bonds is 7. The maximum absolute atomic E-state index is 10.8. The Hall–Kier alpha value is -9.22. The first kappa shape index (κ1) is 38.5. The van der Waals surface area contributed by atoms with Crippen LogP contribution in [0.15, 0.2) is 231 Å². The van der Waals surface area contributed by atoms with E-state index in [2.05, 4.69) is 203 Å². The Morgan fingerprint density at radius 2 is 0.591 bits per heavy atom. The fraction of sp³-hybridized carbons (Fsp3) is 0. The van der Waals surface area contributed by atoms with Crippen molar-refractivity contribution < 1.29 is 0 Å². The fourth-order valence-electron chi connectivity index (χ4n) is 9.82. The highest BCUT2D eigenvalue weighted by Gasteiger charge is 2.20. The molecule has 12 aromatic rings. The molecule has 0 fully saturated rings. The van der Waals surface area contributed by atoms with E-state index >= 15 is 0 Å². The smallest absolute Gasteiger partial charge is 0.0998 e. The Balaban J connectivity index is 1.08. The van der Waals surface area contributed by atoms with E-state index in [1.807, 2.05) is 48.5 Å². The van der Waals surface area contributed by atoms with Gasteiger partial charge in [0.1, 0.15) is 0 Å². The van der Waals surface area contributed by atoms with Gasteiger partial charge in [-0.3, -0.25) is 0 Å². The lowest BCUT2D eigenvalue weighted by Gasteiger charge is -2.15. The molecule has 2 heterocycles. The van der Waals surface area contributed by atoms with Crippen LogP contribution in [0.3, 0.4) is 0 Å². The quantitative estimate of drug-likeness (QED) is 0.161. The zero-order valence-corrected chi connectivity index (χ0v) is 35.7. The standard InChI is InChI=1S/C62H38N4/c63-39-49-21-27-51(65-59-31-25-45(41-13-5-1-6-14-41)33-57(59)53-29-23-47(35-61(53)65)43-17-9-3-10-18-43)37-55(49)56-38-52(28-22-50(56)40-64)66-60-32-26-46(42-15-7-2-8-16-42)34-58(60)54-30-24-48(36-62(54)66)44-19-11-4-12-20-44/h1-38H. The van der Waals surface area contributed by atoms with Crippen LogP contribution in [0.1, 0.15) is 11.1 Å². The molecule has 2 aromatic heterocycles. The van der Waals surface area contributed by atoms with Crippen LogP contribution in [0, 0.1) is 22.7 Å². The lowest BCUT2D eigenvalue weighted by Crippen LogP contribution is -1.99. The number of fused-ring (bicyclic) bond motifs is 6. The molecule has 0 radical (unpaired) electrons. The van der Waals surface area contributed by atoms with E-state index in [0.29, 0.717) is 22.3 Å². The van der Waals surface area contributed by atoms with Crippen LogP contribution < -0.4 is 0 Å². The maximum Gasteiger partial charge on any atom is 0.0998 e. The summed E-state index contributed by atoms with van der Waals surface area (Å²) in [5, 5.41) is 26.0. The summed E-state index contributed by atoms with van der Waals surface area (Å²) in [5.41, 5.74) is 17.5. The van der Waals surface area contributed by atoms with Crippen molar-refractivity contribution in [2.24, 2.45) is 0 Å². The summed E-state index contributed by atoms with van der Waals surface area (Å²) in [5.74, 6) is 0. The zero-order chi connectivity index (χ0) is 44.1. The van der Waals surface area contributed by atoms with E-state index in [9.17, 15) is 10.5 Å². The predicted octanol–water partition coefficient (Wildman–Crippen LogP) is 16.0. The van der Waals surface area contributed by atoms with E-state index < -0.39 is 0 Å². The van der Waals surface area contributed by atoms with Gasteiger partial charge in [-0.25, -0.2) is 0 Å². The van der Waals surface area contributed by atoms with Crippen molar-refractivity contribution in [3.8, 4) is 79.1 Å². The van der Waals surface area contributed by atoms with Gasteiger partial charge in [-0.2, -0.15) is 10.5 Å². The molecule has 0 amide bonds. The highest BCUT2D eigenvalue weighted by atomic mass is 15.0. The summed E-state index contributed by atoms with van der Waals surface area (Å²) < 4.78 is 4.60. The predicted molar refractivity (Wildman–Crippen MR) is 272 cm³/mol. The number of benzene rings is 10. The minimum Gasteiger partial charge on any atom is -0.309 e. The van der Waals surface area contributed by atoms with Crippen molar-refractivity contribution in [1.29, 1.82) is 10.5 Å². The molecular weight excluding hydrogens is 801 g/mol. The molecule has 0 spiro atoms. The summed E-state index contributed by atoms with van der Waals surface area (Å²) in [6.07, 6.45) is 0. The van der Waals surface area contributed by atoms with Crippen LogP contribution in [-0.4, -0.2) is 9.13 Å². The largest absolute Gasteiger partial charge is 0.309 e. The molecule has 0 saturated heterocycles. The van der Waals surface area contributed by atoms with Crippen molar-refractivity contribution in [1.82, 2.24) is 9.13 Å². The van der Waals surface area contributed by atoms with Gasteiger partial charge in [0, 0.05) is 44.0 Å². The third kappa shape index (κ3) is 6.45. The molecule has 0 saturated carbocycles. The molecule has 0 bridgehead atoms. The second-order valence-corrected chi connectivity index (χ2v) is 16.7. The normalized spacial score (nSPS) is 11.3. The van der Waals surface area contributed by atoms with Gasteiger partial charge in [-0.15, -0.1) is 0 Å². The molecule has 0 N–H and O–H groups in total. The molecule has 4 nitrogen and oxygen atoms in total. The molecular formula is C62H38N4. The second-order valence-electron chi connectivity index (χ2n) is 16.7. The van der Waals surface area contributed by atoms with Crippen molar-refractivity contribution in [3.63, 3.8) is 0 Å². The van der Waals surface area contributed by atoms with E-state index in [-0.39, 0.29) is 0 Å². The van der Waals surface area contributed by atoms with Crippen LogP contribution >= 0.6 is 0 Å². The molecule has 0 unspecified atom stereocenters. The number of hydrogen-bond acceptors (Lipinski definition) is 2. The average molecular weight is 839 g/mol. The average Bonchev–Trinajstić information content (AvgIpc) is 3.90. The number of aromatic nitrogens is 2. The van der Waals surface area contributed by atoms with Gasteiger partial charge in [0.2, 0.25) is 0 Å². The van der Waals surface area contributed by atoms with Crippen molar-refractivity contribution >= 4 is 43.6 Å². The molecule has 0 atom stereocenters. The summed E-state index contributed by atoms with van der Waals surface area (Å²) in [4.78, 5) is 0. The lowest BCUT2D eigenvalue weighted by atomic mass is 9.95. The van der Waals surface area contributed by atoms with Gasteiger partial charge in [-0.05, 0) is 117 Å². The Bertz CT molecular complexity index is 3660. The molecule has 66 heavy (non-hydrogen) atoms. The van der Waals surface area contributed by atoms with E-state index in [1.54, 1.807) is 0 Å². The first-order valence-corrected chi connectivity index (χ1v) is 22.1.